The Hall–Kier alpha value is -2.27. The van der Waals surface area contributed by atoms with E-state index < -0.39 is 0 Å². The normalized spacial score (nSPS) is 10.2. The molecule has 0 spiro atoms. The van der Waals surface area contributed by atoms with Crippen LogP contribution < -0.4 is 5.32 Å². The second-order valence-corrected chi connectivity index (χ2v) is 4.23. The quantitative estimate of drug-likeness (QED) is 0.613. The zero-order valence-electron chi connectivity index (χ0n) is 11.2. The van der Waals surface area contributed by atoms with Crippen LogP contribution in [0.4, 0.5) is 0 Å². The molecule has 0 fully saturated rings. The van der Waals surface area contributed by atoms with Crippen molar-refractivity contribution >= 4 is 5.97 Å². The minimum absolute atomic E-state index is 0.222. The van der Waals surface area contributed by atoms with Gasteiger partial charge in [0, 0.05) is 25.5 Å². The smallest absolute Gasteiger partial charge is 0.307 e. The third kappa shape index (κ3) is 5.16. The minimum Gasteiger partial charge on any atom is -0.459 e. The Morgan fingerprint density at radius 2 is 1.75 bits per heavy atom. The highest BCUT2D eigenvalue weighted by atomic mass is 16.5. The van der Waals surface area contributed by atoms with Crippen molar-refractivity contribution in [2.45, 2.75) is 19.6 Å². The molecule has 0 aliphatic carbocycles. The number of hydrogen-bond acceptors (Lipinski definition) is 5. The number of carbonyl (C=O) groups excluding carboxylic acids is 1. The van der Waals surface area contributed by atoms with Crippen molar-refractivity contribution < 1.29 is 9.53 Å². The number of ether oxygens (including phenoxy) is 1. The maximum atomic E-state index is 11.5. The highest BCUT2D eigenvalue weighted by Crippen LogP contribution is 1.98. The Morgan fingerprint density at radius 1 is 1.05 bits per heavy atom. The lowest BCUT2D eigenvalue weighted by Crippen LogP contribution is -2.19. The van der Waals surface area contributed by atoms with E-state index in [9.17, 15) is 4.79 Å². The summed E-state index contributed by atoms with van der Waals surface area (Å²) >= 11 is 0. The first-order valence-corrected chi connectivity index (χ1v) is 6.51. The van der Waals surface area contributed by atoms with Gasteiger partial charge in [-0.2, -0.15) is 0 Å². The molecule has 0 aliphatic heterocycles. The highest BCUT2D eigenvalue weighted by Gasteiger charge is 2.03. The zero-order chi connectivity index (χ0) is 14.0. The van der Waals surface area contributed by atoms with Crippen LogP contribution in [-0.2, 0) is 22.7 Å². The van der Waals surface area contributed by atoms with Crippen molar-refractivity contribution in [2.24, 2.45) is 0 Å². The fourth-order valence-corrected chi connectivity index (χ4v) is 1.62. The van der Waals surface area contributed by atoms with E-state index in [-0.39, 0.29) is 12.6 Å². The Labute approximate surface area is 118 Å². The van der Waals surface area contributed by atoms with Crippen LogP contribution in [0.2, 0.25) is 0 Å². The molecule has 0 aliphatic rings. The van der Waals surface area contributed by atoms with Crippen molar-refractivity contribution in [1.82, 2.24) is 15.3 Å². The number of nitrogens with zero attached hydrogens (tertiary/aromatic N) is 2. The average Bonchev–Trinajstić information content (AvgIpc) is 2.52. The number of aromatic nitrogens is 2. The molecule has 2 heterocycles. The van der Waals surface area contributed by atoms with Gasteiger partial charge >= 0.3 is 5.97 Å². The summed E-state index contributed by atoms with van der Waals surface area (Å²) in [5.41, 5.74) is 1.71. The molecule has 104 valence electrons. The first-order valence-electron chi connectivity index (χ1n) is 6.51. The van der Waals surface area contributed by atoms with Gasteiger partial charge < -0.3 is 10.1 Å². The Morgan fingerprint density at radius 3 is 2.40 bits per heavy atom. The van der Waals surface area contributed by atoms with E-state index in [2.05, 4.69) is 15.3 Å². The molecular weight excluding hydrogens is 254 g/mol. The lowest BCUT2D eigenvalue weighted by Gasteiger charge is -2.05. The molecule has 0 aromatic carbocycles. The molecule has 2 aromatic rings. The molecule has 0 saturated carbocycles. The topological polar surface area (TPSA) is 64.1 Å². The van der Waals surface area contributed by atoms with E-state index in [4.69, 9.17) is 4.74 Å². The summed E-state index contributed by atoms with van der Waals surface area (Å²) in [6, 6.07) is 11.3. The average molecular weight is 271 g/mol. The van der Waals surface area contributed by atoms with Gasteiger partial charge in [0.05, 0.1) is 17.8 Å². The molecule has 0 atom stereocenters. The first-order chi connectivity index (χ1) is 9.84. The first kappa shape index (κ1) is 14.1. The van der Waals surface area contributed by atoms with Crippen LogP contribution in [0.15, 0.2) is 48.8 Å². The monoisotopic (exact) mass is 271 g/mol. The predicted octanol–water partition coefficient (Wildman–Crippen LogP) is 1.70. The second-order valence-electron chi connectivity index (χ2n) is 4.23. The molecule has 20 heavy (non-hydrogen) atoms. The lowest BCUT2D eigenvalue weighted by atomic mass is 10.3. The summed E-state index contributed by atoms with van der Waals surface area (Å²) in [7, 11) is 0. The number of carbonyl (C=O) groups is 1. The van der Waals surface area contributed by atoms with Crippen molar-refractivity contribution in [3.8, 4) is 0 Å². The number of rotatable bonds is 7. The third-order valence-corrected chi connectivity index (χ3v) is 2.65. The molecule has 0 radical (unpaired) electrons. The predicted molar refractivity (Wildman–Crippen MR) is 74.6 cm³/mol. The van der Waals surface area contributed by atoms with Gasteiger partial charge in [-0.15, -0.1) is 0 Å². The van der Waals surface area contributed by atoms with Gasteiger partial charge in [-0.3, -0.25) is 14.8 Å². The Kier molecular flexibility index (Phi) is 5.67. The summed E-state index contributed by atoms with van der Waals surface area (Å²) in [5.74, 6) is -0.232. The molecule has 2 rings (SSSR count). The van der Waals surface area contributed by atoms with Crippen LogP contribution in [0.1, 0.15) is 17.8 Å². The maximum absolute atomic E-state index is 11.5. The molecule has 0 bridgehead atoms. The molecule has 5 heteroatoms. The fourth-order valence-electron chi connectivity index (χ4n) is 1.62. The van der Waals surface area contributed by atoms with Crippen molar-refractivity contribution in [3.05, 3.63) is 60.2 Å². The number of esters is 1. The molecule has 1 N–H and O–H groups in total. The molecule has 0 amide bonds. The maximum Gasteiger partial charge on any atom is 0.307 e. The van der Waals surface area contributed by atoms with Gasteiger partial charge in [0.25, 0.3) is 0 Å². The van der Waals surface area contributed by atoms with Crippen LogP contribution >= 0.6 is 0 Å². The van der Waals surface area contributed by atoms with Crippen molar-refractivity contribution in [1.29, 1.82) is 0 Å². The van der Waals surface area contributed by atoms with E-state index in [0.717, 1.165) is 11.4 Å². The van der Waals surface area contributed by atoms with Gasteiger partial charge in [-0.25, -0.2) is 0 Å². The second kappa shape index (κ2) is 8.01. The van der Waals surface area contributed by atoms with Gasteiger partial charge in [-0.05, 0) is 24.3 Å². The molecule has 0 saturated heterocycles. The summed E-state index contributed by atoms with van der Waals surface area (Å²) in [6.45, 7) is 1.44. The Bertz CT molecular complexity index is 517. The SMILES string of the molecule is O=C(CCNCc1ccccn1)OCc1ccccn1. The van der Waals surface area contributed by atoms with Crippen molar-refractivity contribution in [2.75, 3.05) is 6.54 Å². The van der Waals surface area contributed by atoms with Gasteiger partial charge in [0.2, 0.25) is 0 Å². The van der Waals surface area contributed by atoms with E-state index in [0.29, 0.717) is 19.5 Å². The number of pyridine rings is 2. The van der Waals surface area contributed by atoms with E-state index in [1.54, 1.807) is 12.4 Å². The van der Waals surface area contributed by atoms with Crippen molar-refractivity contribution in [3.63, 3.8) is 0 Å². The van der Waals surface area contributed by atoms with Gasteiger partial charge in [-0.1, -0.05) is 12.1 Å². The van der Waals surface area contributed by atoms with Crippen LogP contribution in [0.3, 0.4) is 0 Å². The number of nitrogens with one attached hydrogen (secondary N) is 1. The van der Waals surface area contributed by atoms with Gasteiger partial charge in [0.15, 0.2) is 0 Å². The molecule has 0 unspecified atom stereocenters. The van der Waals surface area contributed by atoms with E-state index in [1.807, 2.05) is 36.4 Å². The standard InChI is InChI=1S/C15H17N3O2/c19-15(20-12-14-6-2-4-9-18-14)7-10-16-11-13-5-1-3-8-17-13/h1-6,8-9,16H,7,10-12H2. The zero-order valence-corrected chi connectivity index (χ0v) is 11.2. The Balaban J connectivity index is 1.59. The van der Waals surface area contributed by atoms with Crippen LogP contribution in [-0.4, -0.2) is 22.5 Å². The highest BCUT2D eigenvalue weighted by molar-refractivity contribution is 5.69. The lowest BCUT2D eigenvalue weighted by molar-refractivity contribution is -0.144. The summed E-state index contributed by atoms with van der Waals surface area (Å²) in [5, 5.41) is 3.15. The molecular formula is C15H17N3O2. The summed E-state index contributed by atoms with van der Waals surface area (Å²) in [6.07, 6.45) is 3.76. The van der Waals surface area contributed by atoms with E-state index in [1.165, 1.54) is 0 Å². The molecule has 2 aromatic heterocycles. The van der Waals surface area contributed by atoms with Crippen LogP contribution in [0, 0.1) is 0 Å². The third-order valence-electron chi connectivity index (χ3n) is 2.65. The van der Waals surface area contributed by atoms with Gasteiger partial charge in [0.1, 0.15) is 6.61 Å². The van der Waals surface area contributed by atoms with E-state index >= 15 is 0 Å². The number of hydrogen-bond donors (Lipinski definition) is 1. The van der Waals surface area contributed by atoms with Crippen LogP contribution in [0.5, 0.6) is 0 Å². The fraction of sp³-hybridized carbons (Fsp3) is 0.267. The summed E-state index contributed by atoms with van der Waals surface area (Å²) < 4.78 is 5.12. The molecule has 5 nitrogen and oxygen atoms in total. The largest absolute Gasteiger partial charge is 0.459 e. The van der Waals surface area contributed by atoms with Crippen LogP contribution in [0.25, 0.3) is 0 Å². The summed E-state index contributed by atoms with van der Waals surface area (Å²) in [4.78, 5) is 19.8. The minimum atomic E-state index is -0.232.